The second kappa shape index (κ2) is 5.60. The zero-order valence-electron chi connectivity index (χ0n) is 9.13. The highest BCUT2D eigenvalue weighted by atomic mass is 16.1. The molecule has 0 aliphatic heterocycles. The zero-order chi connectivity index (χ0) is 11.9. The molecule has 0 saturated carbocycles. The molecule has 0 atom stereocenters. The monoisotopic (exact) mass is 228 g/mol. The average molecular weight is 228 g/mol. The number of H-pyrrole nitrogens is 1. The summed E-state index contributed by atoms with van der Waals surface area (Å²) in [6.45, 7) is 0.370. The molecule has 0 aliphatic rings. The van der Waals surface area contributed by atoms with Crippen molar-refractivity contribution in [2.75, 3.05) is 0 Å². The van der Waals surface area contributed by atoms with Crippen molar-refractivity contribution in [1.82, 2.24) is 20.7 Å². The van der Waals surface area contributed by atoms with Crippen LogP contribution in [0.3, 0.4) is 0 Å². The molecule has 1 aromatic carbocycles. The number of rotatable bonds is 4. The number of carbonyl (C=O) groups is 1. The predicted molar refractivity (Wildman–Crippen MR) is 63.7 cm³/mol. The number of carbonyl (C=O) groups excluding carboxylic acids is 1. The minimum Gasteiger partial charge on any atom is -0.347 e. The van der Waals surface area contributed by atoms with Crippen molar-refractivity contribution < 1.29 is 4.79 Å². The van der Waals surface area contributed by atoms with E-state index in [0.29, 0.717) is 12.2 Å². The molecule has 0 saturated heterocycles. The molecule has 1 aromatic heterocycles. The molecule has 0 bridgehead atoms. The van der Waals surface area contributed by atoms with Gasteiger partial charge in [-0.1, -0.05) is 30.3 Å². The van der Waals surface area contributed by atoms with Gasteiger partial charge in [0.1, 0.15) is 5.69 Å². The Morgan fingerprint density at radius 3 is 2.88 bits per heavy atom. The van der Waals surface area contributed by atoms with E-state index in [1.54, 1.807) is 12.3 Å². The van der Waals surface area contributed by atoms with Crippen LogP contribution in [0.25, 0.3) is 6.08 Å². The van der Waals surface area contributed by atoms with Crippen molar-refractivity contribution in [3.05, 3.63) is 53.9 Å². The fourth-order valence-electron chi connectivity index (χ4n) is 1.28. The largest absolute Gasteiger partial charge is 0.347 e. The van der Waals surface area contributed by atoms with Gasteiger partial charge in [0.05, 0.1) is 12.7 Å². The van der Waals surface area contributed by atoms with E-state index >= 15 is 0 Å². The fourth-order valence-corrected chi connectivity index (χ4v) is 1.28. The van der Waals surface area contributed by atoms with Crippen molar-refractivity contribution >= 4 is 12.0 Å². The molecular weight excluding hydrogens is 216 g/mol. The van der Waals surface area contributed by atoms with E-state index in [-0.39, 0.29) is 5.91 Å². The van der Waals surface area contributed by atoms with E-state index in [1.807, 2.05) is 30.3 Å². The van der Waals surface area contributed by atoms with Gasteiger partial charge in [0, 0.05) is 6.08 Å². The Labute approximate surface area is 98.6 Å². The Bertz CT molecular complexity index is 490. The third-order valence-electron chi connectivity index (χ3n) is 2.14. The minimum absolute atomic E-state index is 0.156. The second-order valence-corrected chi connectivity index (χ2v) is 3.42. The van der Waals surface area contributed by atoms with Crippen LogP contribution in [0.4, 0.5) is 0 Å². The fraction of sp³-hybridized carbons (Fsp3) is 0.0833. The number of amides is 1. The number of nitrogens with one attached hydrogen (secondary N) is 2. The molecule has 1 heterocycles. The molecule has 2 N–H and O–H groups in total. The maximum absolute atomic E-state index is 11.5. The van der Waals surface area contributed by atoms with Crippen molar-refractivity contribution in [2.24, 2.45) is 0 Å². The smallest absolute Gasteiger partial charge is 0.244 e. The quantitative estimate of drug-likeness (QED) is 0.771. The van der Waals surface area contributed by atoms with Crippen molar-refractivity contribution in [1.29, 1.82) is 0 Å². The van der Waals surface area contributed by atoms with Crippen molar-refractivity contribution in [3.8, 4) is 0 Å². The summed E-state index contributed by atoms with van der Waals surface area (Å²) in [5, 5.41) is 12.7. The van der Waals surface area contributed by atoms with Crippen LogP contribution in [0.5, 0.6) is 0 Å². The van der Waals surface area contributed by atoms with Crippen LogP contribution in [-0.4, -0.2) is 21.3 Å². The van der Waals surface area contributed by atoms with Gasteiger partial charge in [-0.3, -0.25) is 4.79 Å². The lowest BCUT2D eigenvalue weighted by Crippen LogP contribution is -2.20. The first-order chi connectivity index (χ1) is 8.34. The summed E-state index contributed by atoms with van der Waals surface area (Å²) in [6.07, 6.45) is 4.83. The minimum atomic E-state index is -0.156. The van der Waals surface area contributed by atoms with Crippen LogP contribution in [0.1, 0.15) is 11.3 Å². The molecular formula is C12H12N4O. The lowest BCUT2D eigenvalue weighted by Gasteiger charge is -1.97. The summed E-state index contributed by atoms with van der Waals surface area (Å²) in [4.78, 5) is 11.5. The maximum Gasteiger partial charge on any atom is 0.244 e. The highest BCUT2D eigenvalue weighted by Gasteiger charge is 1.98. The highest BCUT2D eigenvalue weighted by molar-refractivity contribution is 5.91. The summed E-state index contributed by atoms with van der Waals surface area (Å²) in [6, 6.07) is 9.64. The molecule has 0 radical (unpaired) electrons. The average Bonchev–Trinajstić information content (AvgIpc) is 2.88. The zero-order valence-corrected chi connectivity index (χ0v) is 9.13. The number of aromatic nitrogens is 3. The van der Waals surface area contributed by atoms with E-state index in [1.165, 1.54) is 6.08 Å². The summed E-state index contributed by atoms with van der Waals surface area (Å²) < 4.78 is 0. The number of benzene rings is 1. The molecule has 5 nitrogen and oxygen atoms in total. The lowest BCUT2D eigenvalue weighted by atomic mass is 10.2. The number of nitrogens with zero attached hydrogens (tertiary/aromatic N) is 2. The molecule has 0 spiro atoms. The SMILES string of the molecule is O=C(/C=C/c1ccccc1)NCc1cn[nH]n1. The summed E-state index contributed by atoms with van der Waals surface area (Å²) in [5.74, 6) is -0.156. The topological polar surface area (TPSA) is 70.7 Å². The van der Waals surface area contributed by atoms with E-state index in [4.69, 9.17) is 0 Å². The van der Waals surface area contributed by atoms with Gasteiger partial charge in [0.25, 0.3) is 0 Å². The Hall–Kier alpha value is -2.43. The van der Waals surface area contributed by atoms with Crippen molar-refractivity contribution in [3.63, 3.8) is 0 Å². The van der Waals surface area contributed by atoms with Crippen LogP contribution in [0.2, 0.25) is 0 Å². The summed E-state index contributed by atoms with van der Waals surface area (Å²) in [5.41, 5.74) is 1.69. The van der Waals surface area contributed by atoms with Gasteiger partial charge in [-0.25, -0.2) is 0 Å². The Morgan fingerprint density at radius 1 is 1.35 bits per heavy atom. The maximum atomic E-state index is 11.5. The first-order valence-electron chi connectivity index (χ1n) is 5.20. The Kier molecular flexibility index (Phi) is 3.64. The normalized spacial score (nSPS) is 10.6. The summed E-state index contributed by atoms with van der Waals surface area (Å²) in [7, 11) is 0. The van der Waals surface area contributed by atoms with Crippen LogP contribution in [-0.2, 0) is 11.3 Å². The van der Waals surface area contributed by atoms with Crippen LogP contribution in [0.15, 0.2) is 42.6 Å². The molecule has 86 valence electrons. The molecule has 2 aromatic rings. The van der Waals surface area contributed by atoms with E-state index in [9.17, 15) is 4.79 Å². The molecule has 2 rings (SSSR count). The third-order valence-corrected chi connectivity index (χ3v) is 2.14. The van der Waals surface area contributed by atoms with Crippen LogP contribution in [0, 0.1) is 0 Å². The van der Waals surface area contributed by atoms with Gasteiger partial charge in [-0.05, 0) is 11.6 Å². The van der Waals surface area contributed by atoms with Gasteiger partial charge in [0.15, 0.2) is 0 Å². The number of aromatic amines is 1. The molecule has 17 heavy (non-hydrogen) atoms. The molecule has 1 amide bonds. The predicted octanol–water partition coefficient (Wildman–Crippen LogP) is 1.13. The van der Waals surface area contributed by atoms with Gasteiger partial charge >= 0.3 is 0 Å². The number of hydrogen-bond acceptors (Lipinski definition) is 3. The number of hydrogen-bond donors (Lipinski definition) is 2. The van der Waals surface area contributed by atoms with Crippen LogP contribution >= 0.6 is 0 Å². The Morgan fingerprint density at radius 2 is 2.18 bits per heavy atom. The van der Waals surface area contributed by atoms with Gasteiger partial charge < -0.3 is 5.32 Å². The highest BCUT2D eigenvalue weighted by Crippen LogP contribution is 2.00. The lowest BCUT2D eigenvalue weighted by molar-refractivity contribution is -0.116. The van der Waals surface area contributed by atoms with E-state index < -0.39 is 0 Å². The Balaban J connectivity index is 1.83. The van der Waals surface area contributed by atoms with Gasteiger partial charge in [0.2, 0.25) is 5.91 Å². The van der Waals surface area contributed by atoms with E-state index in [2.05, 4.69) is 20.7 Å². The van der Waals surface area contributed by atoms with Gasteiger partial charge in [-0.2, -0.15) is 15.4 Å². The molecule has 5 heteroatoms. The first kappa shape index (κ1) is 11.1. The second-order valence-electron chi connectivity index (χ2n) is 3.42. The third kappa shape index (κ3) is 3.57. The summed E-state index contributed by atoms with van der Waals surface area (Å²) >= 11 is 0. The first-order valence-corrected chi connectivity index (χ1v) is 5.20. The molecule has 0 unspecified atom stereocenters. The van der Waals surface area contributed by atoms with Crippen molar-refractivity contribution in [2.45, 2.75) is 6.54 Å². The van der Waals surface area contributed by atoms with Crippen LogP contribution < -0.4 is 5.32 Å². The standard InChI is InChI=1S/C12H12N4O/c17-12(13-8-11-9-14-16-15-11)7-6-10-4-2-1-3-5-10/h1-7,9H,8H2,(H,13,17)(H,14,15,16)/b7-6+. The molecule has 0 aliphatic carbocycles. The van der Waals surface area contributed by atoms with E-state index in [0.717, 1.165) is 5.56 Å². The molecule has 0 fully saturated rings. The van der Waals surface area contributed by atoms with Gasteiger partial charge in [-0.15, -0.1) is 0 Å².